The van der Waals surface area contributed by atoms with Crippen molar-refractivity contribution in [3.63, 3.8) is 0 Å². The van der Waals surface area contributed by atoms with Gasteiger partial charge in [0.15, 0.2) is 5.82 Å². The lowest BCUT2D eigenvalue weighted by Crippen LogP contribution is -2.39. The zero-order valence-corrected chi connectivity index (χ0v) is 21.4. The number of rotatable bonds is 9. The smallest absolute Gasteiger partial charge is 0.252 e. The minimum absolute atomic E-state index is 0.0202. The first-order valence-corrected chi connectivity index (χ1v) is 13.9. The topological polar surface area (TPSA) is 79.7 Å². The zero-order chi connectivity index (χ0) is 24.2. The number of nitrogens with zero attached hydrogens (tertiary/aromatic N) is 5. The molecular formula is C28H40N6O. The van der Waals surface area contributed by atoms with Crippen LogP contribution in [0.4, 0.5) is 0 Å². The summed E-state index contributed by atoms with van der Waals surface area (Å²) in [6, 6.07) is 9.44. The Balaban J connectivity index is 1.52. The second kappa shape index (κ2) is 11.0. The van der Waals surface area contributed by atoms with Gasteiger partial charge in [-0.15, -0.1) is 5.10 Å². The molecule has 0 amide bonds. The Morgan fingerprint density at radius 2 is 1.83 bits per heavy atom. The highest BCUT2D eigenvalue weighted by molar-refractivity contribution is 5.79. The highest BCUT2D eigenvalue weighted by Crippen LogP contribution is 2.36. The Kier molecular flexibility index (Phi) is 7.61. The molecule has 0 aliphatic heterocycles. The molecule has 7 nitrogen and oxygen atoms in total. The number of H-pyrrole nitrogens is 1. The fourth-order valence-electron chi connectivity index (χ4n) is 6.29. The maximum Gasteiger partial charge on any atom is 0.252 e. The second-order valence-corrected chi connectivity index (χ2v) is 10.6. The number of tetrazole rings is 1. The van der Waals surface area contributed by atoms with Crippen molar-refractivity contribution in [1.82, 2.24) is 30.1 Å². The van der Waals surface area contributed by atoms with E-state index in [9.17, 15) is 4.79 Å². The third-order valence-corrected chi connectivity index (χ3v) is 8.24. The molecule has 0 bridgehead atoms. The maximum absolute atomic E-state index is 13.2. The normalized spacial score (nSPS) is 18.6. The number of hydrogen-bond donors (Lipinski definition) is 1. The molecule has 1 aromatic carbocycles. The van der Waals surface area contributed by atoms with Gasteiger partial charge in [0.05, 0.1) is 12.1 Å². The van der Waals surface area contributed by atoms with Crippen LogP contribution in [0.5, 0.6) is 0 Å². The van der Waals surface area contributed by atoms with E-state index in [1.54, 1.807) is 0 Å². The molecule has 1 N–H and O–H groups in total. The van der Waals surface area contributed by atoms with E-state index in [1.165, 1.54) is 50.5 Å². The average Bonchev–Trinajstić information content (AvgIpc) is 3.59. The van der Waals surface area contributed by atoms with Crippen molar-refractivity contribution in [3.05, 3.63) is 51.6 Å². The molecule has 2 heterocycles. The van der Waals surface area contributed by atoms with Crippen LogP contribution in [0.15, 0.2) is 29.1 Å². The van der Waals surface area contributed by atoms with Crippen LogP contribution in [0, 0.1) is 0 Å². The van der Waals surface area contributed by atoms with E-state index in [0.717, 1.165) is 54.4 Å². The first-order valence-electron chi connectivity index (χ1n) is 13.9. The van der Waals surface area contributed by atoms with E-state index in [1.807, 2.05) is 6.07 Å². The molecule has 2 aliphatic carbocycles. The van der Waals surface area contributed by atoms with E-state index in [2.05, 4.69) is 62.1 Å². The van der Waals surface area contributed by atoms with E-state index < -0.39 is 0 Å². The fourth-order valence-corrected chi connectivity index (χ4v) is 6.29. The lowest BCUT2D eigenvalue weighted by molar-refractivity contribution is 0.105. The van der Waals surface area contributed by atoms with Crippen molar-refractivity contribution in [1.29, 1.82) is 0 Å². The molecule has 2 fully saturated rings. The summed E-state index contributed by atoms with van der Waals surface area (Å²) < 4.78 is 2.14. The van der Waals surface area contributed by atoms with Crippen LogP contribution in [0.1, 0.15) is 114 Å². The molecule has 1 atom stereocenters. The molecule has 1 unspecified atom stereocenters. The van der Waals surface area contributed by atoms with Crippen LogP contribution in [0.25, 0.3) is 10.9 Å². The van der Waals surface area contributed by atoms with Gasteiger partial charge in [-0.05, 0) is 78.1 Å². The Labute approximate surface area is 208 Å². The van der Waals surface area contributed by atoms with Crippen LogP contribution in [-0.2, 0) is 13.0 Å². The fraction of sp³-hybridized carbons (Fsp3) is 0.643. The Bertz CT molecular complexity index is 1170. The molecule has 5 rings (SSSR count). The van der Waals surface area contributed by atoms with E-state index >= 15 is 0 Å². The van der Waals surface area contributed by atoms with E-state index in [0.29, 0.717) is 18.6 Å². The molecule has 188 valence electrons. The summed E-state index contributed by atoms with van der Waals surface area (Å²) in [5, 5.41) is 14.4. The first-order chi connectivity index (χ1) is 17.2. The van der Waals surface area contributed by atoms with Gasteiger partial charge in [-0.25, -0.2) is 4.68 Å². The van der Waals surface area contributed by atoms with Gasteiger partial charge >= 0.3 is 0 Å². The number of hydrogen-bond acceptors (Lipinski definition) is 5. The number of fused-ring (bicyclic) bond motifs is 1. The van der Waals surface area contributed by atoms with E-state index in [4.69, 9.17) is 0 Å². The van der Waals surface area contributed by atoms with Crippen molar-refractivity contribution in [2.45, 2.75) is 116 Å². The predicted molar refractivity (Wildman–Crippen MR) is 139 cm³/mol. The summed E-state index contributed by atoms with van der Waals surface area (Å²) in [6.45, 7) is 5.04. The highest BCUT2D eigenvalue weighted by Gasteiger charge is 2.34. The van der Waals surface area contributed by atoms with Gasteiger partial charge in [-0.1, -0.05) is 58.4 Å². The SMILES string of the molecule is CCCC(c1nnnn1C1CCCCC1)N(Cc1cc2cc(CC)ccc2[nH]c1=O)C1CCCC1. The lowest BCUT2D eigenvalue weighted by atomic mass is 9.95. The zero-order valence-electron chi connectivity index (χ0n) is 21.4. The number of pyridine rings is 1. The van der Waals surface area contributed by atoms with Crippen molar-refractivity contribution >= 4 is 10.9 Å². The van der Waals surface area contributed by atoms with Crippen molar-refractivity contribution < 1.29 is 0 Å². The van der Waals surface area contributed by atoms with Gasteiger partial charge in [0.1, 0.15) is 0 Å². The number of aryl methyl sites for hydroxylation is 1. The molecule has 0 radical (unpaired) electrons. The number of benzene rings is 1. The second-order valence-electron chi connectivity index (χ2n) is 10.6. The highest BCUT2D eigenvalue weighted by atomic mass is 16.1. The monoisotopic (exact) mass is 476 g/mol. The summed E-state index contributed by atoms with van der Waals surface area (Å²) >= 11 is 0. The predicted octanol–water partition coefficient (Wildman–Crippen LogP) is 5.87. The summed E-state index contributed by atoms with van der Waals surface area (Å²) in [5.74, 6) is 0.996. The molecule has 0 saturated heterocycles. The molecule has 3 aromatic rings. The average molecular weight is 477 g/mol. The molecule has 0 spiro atoms. The molecule has 2 aromatic heterocycles. The molecule has 7 heteroatoms. The summed E-state index contributed by atoms with van der Waals surface area (Å²) in [4.78, 5) is 18.9. The van der Waals surface area contributed by atoms with Gasteiger partial charge in [-0.3, -0.25) is 9.69 Å². The maximum atomic E-state index is 13.2. The Morgan fingerprint density at radius 3 is 2.57 bits per heavy atom. The van der Waals surface area contributed by atoms with Crippen LogP contribution in [-0.4, -0.2) is 36.1 Å². The molecule has 2 aliphatic rings. The lowest BCUT2D eigenvalue weighted by Gasteiger charge is -2.36. The quantitative estimate of drug-likeness (QED) is 0.418. The van der Waals surface area contributed by atoms with Gasteiger partial charge in [0, 0.05) is 23.7 Å². The van der Waals surface area contributed by atoms with Crippen molar-refractivity contribution in [3.8, 4) is 0 Å². The van der Waals surface area contributed by atoms with Crippen LogP contribution >= 0.6 is 0 Å². The third kappa shape index (κ3) is 5.20. The molecule has 2 saturated carbocycles. The Hall–Kier alpha value is -2.54. The van der Waals surface area contributed by atoms with Gasteiger partial charge < -0.3 is 4.98 Å². The van der Waals surface area contributed by atoms with Gasteiger partial charge in [0.25, 0.3) is 5.56 Å². The largest absolute Gasteiger partial charge is 0.322 e. The number of nitrogens with one attached hydrogen (secondary N) is 1. The van der Waals surface area contributed by atoms with Gasteiger partial charge in [-0.2, -0.15) is 0 Å². The van der Waals surface area contributed by atoms with Gasteiger partial charge in [0.2, 0.25) is 0 Å². The number of aromatic amines is 1. The summed E-state index contributed by atoms with van der Waals surface area (Å²) in [7, 11) is 0. The van der Waals surface area contributed by atoms with Crippen LogP contribution in [0.3, 0.4) is 0 Å². The minimum atomic E-state index is 0.0202. The summed E-state index contributed by atoms with van der Waals surface area (Å²) in [5.41, 5.74) is 3.07. The first kappa shape index (κ1) is 24.2. The van der Waals surface area contributed by atoms with Crippen LogP contribution in [0.2, 0.25) is 0 Å². The van der Waals surface area contributed by atoms with E-state index in [-0.39, 0.29) is 11.6 Å². The molecular weight excluding hydrogens is 436 g/mol. The molecule has 35 heavy (non-hydrogen) atoms. The third-order valence-electron chi connectivity index (χ3n) is 8.24. The van der Waals surface area contributed by atoms with Crippen LogP contribution < -0.4 is 5.56 Å². The summed E-state index contributed by atoms with van der Waals surface area (Å²) in [6.07, 6.45) is 14.0. The van der Waals surface area contributed by atoms with Crippen molar-refractivity contribution in [2.75, 3.05) is 0 Å². The minimum Gasteiger partial charge on any atom is -0.322 e. The number of aromatic nitrogens is 5. The van der Waals surface area contributed by atoms with Crippen molar-refractivity contribution in [2.24, 2.45) is 0 Å². The Morgan fingerprint density at radius 1 is 1.06 bits per heavy atom. The standard InChI is InChI=1S/C28H40N6O/c1-3-10-26(27-30-31-32-34(27)24-13-6-5-7-14-24)33(23-11-8-9-12-23)19-22-18-21-17-20(4-2)15-16-25(21)29-28(22)35/h15-18,23-24,26H,3-14,19H2,1-2H3,(H,29,35).